The van der Waals surface area contributed by atoms with Crippen LogP contribution in [0, 0.1) is 12.8 Å². The average Bonchev–Trinajstić information content (AvgIpc) is 2.95. The van der Waals surface area contributed by atoms with Crippen molar-refractivity contribution in [2.45, 2.75) is 62.8 Å². The number of anilines is 2. The van der Waals surface area contributed by atoms with Crippen LogP contribution in [0.4, 0.5) is 16.2 Å². The summed E-state index contributed by atoms with van der Waals surface area (Å²) in [5.74, 6) is 0.442. The molecule has 40 heavy (non-hydrogen) atoms. The average molecular weight is 563 g/mol. The molecule has 4 rings (SSSR count). The number of carbonyl (C=O) groups is 2. The number of aryl methyl sites for hydroxylation is 1. The number of rotatable bonds is 11. The van der Waals surface area contributed by atoms with Gasteiger partial charge in [0.15, 0.2) is 0 Å². The van der Waals surface area contributed by atoms with E-state index in [9.17, 15) is 18.0 Å². The van der Waals surface area contributed by atoms with Gasteiger partial charge in [-0.15, -0.1) is 0 Å². The van der Waals surface area contributed by atoms with E-state index in [2.05, 4.69) is 20.7 Å². The molecule has 1 atom stereocenters. The molecule has 1 fully saturated rings. The van der Waals surface area contributed by atoms with Crippen molar-refractivity contribution in [3.05, 3.63) is 90.0 Å². The minimum absolute atomic E-state index is 0.168. The molecule has 3 aromatic rings. The highest BCUT2D eigenvalue weighted by Gasteiger charge is 2.22. The van der Waals surface area contributed by atoms with Crippen molar-refractivity contribution in [3.63, 3.8) is 0 Å². The topological polar surface area (TPSA) is 116 Å². The third-order valence-corrected chi connectivity index (χ3v) is 8.60. The van der Waals surface area contributed by atoms with Gasteiger partial charge in [0.1, 0.15) is 6.04 Å². The van der Waals surface area contributed by atoms with Crippen molar-refractivity contribution in [1.82, 2.24) is 10.6 Å². The maximum atomic E-state index is 13.1. The third kappa shape index (κ3) is 8.84. The van der Waals surface area contributed by atoms with E-state index in [1.165, 1.54) is 32.1 Å². The molecule has 0 bridgehead atoms. The highest BCUT2D eigenvalue weighted by atomic mass is 32.2. The quantitative estimate of drug-likeness (QED) is 0.243. The lowest BCUT2D eigenvalue weighted by atomic mass is 9.87. The largest absolute Gasteiger partial charge is 0.354 e. The molecule has 3 amide bonds. The fourth-order valence-electron chi connectivity index (χ4n) is 4.94. The first-order valence-electron chi connectivity index (χ1n) is 13.9. The number of carbonyl (C=O) groups excluding carboxylic acids is 2. The molecule has 0 saturated heterocycles. The molecular weight excluding hydrogens is 524 g/mol. The number of benzene rings is 3. The third-order valence-electron chi connectivity index (χ3n) is 7.21. The van der Waals surface area contributed by atoms with E-state index >= 15 is 0 Å². The first-order chi connectivity index (χ1) is 19.3. The van der Waals surface area contributed by atoms with Gasteiger partial charge in [0, 0.05) is 24.3 Å². The Morgan fingerprint density at radius 3 is 2.17 bits per heavy atom. The van der Waals surface area contributed by atoms with E-state index in [1.807, 2.05) is 37.3 Å². The van der Waals surface area contributed by atoms with E-state index in [-0.39, 0.29) is 10.8 Å². The van der Waals surface area contributed by atoms with Crippen LogP contribution < -0.4 is 20.7 Å². The molecule has 1 aliphatic rings. The maximum Gasteiger partial charge on any atom is 0.319 e. The van der Waals surface area contributed by atoms with Gasteiger partial charge in [0.05, 0.1) is 4.90 Å². The molecule has 8 nitrogen and oxygen atoms in total. The van der Waals surface area contributed by atoms with Gasteiger partial charge in [-0.25, -0.2) is 13.2 Å². The van der Waals surface area contributed by atoms with E-state index in [4.69, 9.17) is 0 Å². The molecule has 3 aromatic carbocycles. The Bertz CT molecular complexity index is 1350. The number of amides is 3. The van der Waals surface area contributed by atoms with Crippen LogP contribution in [-0.4, -0.2) is 32.9 Å². The van der Waals surface area contributed by atoms with E-state index in [1.54, 1.807) is 48.5 Å². The second-order valence-electron chi connectivity index (χ2n) is 10.4. The zero-order valence-electron chi connectivity index (χ0n) is 22.9. The highest BCUT2D eigenvalue weighted by Crippen LogP contribution is 2.25. The van der Waals surface area contributed by atoms with Crippen molar-refractivity contribution in [1.29, 1.82) is 0 Å². The molecule has 0 spiro atoms. The predicted octanol–water partition coefficient (Wildman–Crippen LogP) is 5.62. The Balaban J connectivity index is 1.33. The molecule has 4 N–H and O–H groups in total. The molecule has 0 aromatic heterocycles. The van der Waals surface area contributed by atoms with Crippen molar-refractivity contribution in [3.8, 4) is 0 Å². The van der Waals surface area contributed by atoms with Gasteiger partial charge < -0.3 is 16.0 Å². The molecule has 0 heterocycles. The minimum atomic E-state index is -3.73. The molecular formula is C31H38N4O4S. The van der Waals surface area contributed by atoms with Crippen molar-refractivity contribution < 1.29 is 18.0 Å². The summed E-state index contributed by atoms with van der Waals surface area (Å²) in [6, 6.07) is 21.2. The summed E-state index contributed by atoms with van der Waals surface area (Å²) < 4.78 is 27.8. The second kappa shape index (κ2) is 14.0. The zero-order chi connectivity index (χ0) is 28.4. The Morgan fingerprint density at radius 2 is 1.50 bits per heavy atom. The SMILES string of the molecule is Cc1ccc(S(=O)(=O)Nc2ccc(NC(=O)N[C@H](Cc3ccccc3)C(=O)NCCC3CCCCC3)cc2)cc1. The number of hydrogen-bond acceptors (Lipinski definition) is 4. The molecule has 0 radical (unpaired) electrons. The lowest BCUT2D eigenvalue weighted by molar-refractivity contribution is -0.122. The van der Waals surface area contributed by atoms with Crippen LogP contribution in [0.25, 0.3) is 0 Å². The van der Waals surface area contributed by atoms with Gasteiger partial charge in [-0.3, -0.25) is 9.52 Å². The number of nitrogens with one attached hydrogen (secondary N) is 4. The van der Waals surface area contributed by atoms with E-state index in [0.717, 1.165) is 17.5 Å². The number of urea groups is 1. The molecule has 0 aliphatic heterocycles. The summed E-state index contributed by atoms with van der Waals surface area (Å²) in [5, 5.41) is 8.57. The van der Waals surface area contributed by atoms with Crippen molar-refractivity contribution in [2.24, 2.45) is 5.92 Å². The van der Waals surface area contributed by atoms with E-state index in [0.29, 0.717) is 30.3 Å². The summed E-state index contributed by atoms with van der Waals surface area (Å²) in [4.78, 5) is 26.1. The van der Waals surface area contributed by atoms with Crippen molar-refractivity contribution in [2.75, 3.05) is 16.6 Å². The predicted molar refractivity (Wildman–Crippen MR) is 159 cm³/mol. The molecule has 1 saturated carbocycles. The summed E-state index contributed by atoms with van der Waals surface area (Å²) in [5.41, 5.74) is 2.74. The van der Waals surface area contributed by atoms with Gasteiger partial charge in [-0.05, 0) is 61.2 Å². The smallest absolute Gasteiger partial charge is 0.319 e. The standard InChI is InChI=1S/C31H38N4O4S/c1-23-12-18-28(19-13-23)40(38,39)35-27-16-14-26(15-17-27)33-31(37)34-29(22-25-10-6-3-7-11-25)30(36)32-21-20-24-8-4-2-5-9-24/h3,6-7,10-19,24,29,35H,2,4-5,8-9,20-22H2,1H3,(H,32,36)(H2,33,34,37)/t29-/m1/s1. The fraction of sp³-hybridized carbons (Fsp3) is 0.355. The van der Waals surface area contributed by atoms with E-state index < -0.39 is 22.1 Å². The van der Waals surface area contributed by atoms with Crippen LogP contribution in [0.5, 0.6) is 0 Å². The molecule has 1 aliphatic carbocycles. The summed E-state index contributed by atoms with van der Waals surface area (Å²) in [6.45, 7) is 2.48. The summed E-state index contributed by atoms with van der Waals surface area (Å²) in [7, 11) is -3.73. The van der Waals surface area contributed by atoms with Gasteiger partial charge in [0.2, 0.25) is 5.91 Å². The monoisotopic (exact) mass is 562 g/mol. The lowest BCUT2D eigenvalue weighted by Gasteiger charge is -2.23. The molecule has 9 heteroatoms. The maximum absolute atomic E-state index is 13.1. The van der Waals surface area contributed by atoms with Gasteiger partial charge in [-0.1, -0.05) is 80.1 Å². The van der Waals surface area contributed by atoms with Gasteiger partial charge >= 0.3 is 6.03 Å². The Morgan fingerprint density at radius 1 is 0.850 bits per heavy atom. The lowest BCUT2D eigenvalue weighted by Crippen LogP contribution is -2.49. The first kappa shape index (κ1) is 29.1. The van der Waals surface area contributed by atoms with Crippen LogP contribution >= 0.6 is 0 Å². The summed E-state index contributed by atoms with van der Waals surface area (Å²) in [6.07, 6.45) is 7.57. The second-order valence-corrected chi connectivity index (χ2v) is 12.1. The zero-order valence-corrected chi connectivity index (χ0v) is 23.7. The van der Waals surface area contributed by atoms with Crippen LogP contribution in [0.15, 0.2) is 83.8 Å². The van der Waals surface area contributed by atoms with Crippen LogP contribution in [0.2, 0.25) is 0 Å². The number of sulfonamides is 1. The van der Waals surface area contributed by atoms with Gasteiger partial charge in [-0.2, -0.15) is 0 Å². The molecule has 0 unspecified atom stereocenters. The van der Waals surface area contributed by atoms with Crippen LogP contribution in [-0.2, 0) is 21.2 Å². The minimum Gasteiger partial charge on any atom is -0.354 e. The first-order valence-corrected chi connectivity index (χ1v) is 15.4. The van der Waals surface area contributed by atoms with Gasteiger partial charge in [0.25, 0.3) is 10.0 Å². The van der Waals surface area contributed by atoms with Crippen LogP contribution in [0.1, 0.15) is 49.7 Å². The number of hydrogen-bond donors (Lipinski definition) is 4. The van der Waals surface area contributed by atoms with Crippen molar-refractivity contribution >= 4 is 33.3 Å². The fourth-order valence-corrected chi connectivity index (χ4v) is 5.99. The summed E-state index contributed by atoms with van der Waals surface area (Å²) >= 11 is 0. The van der Waals surface area contributed by atoms with Crippen LogP contribution in [0.3, 0.4) is 0 Å². The Labute approximate surface area is 237 Å². The Hall–Kier alpha value is -3.85. The normalized spacial score (nSPS) is 14.6. The Kier molecular flexibility index (Phi) is 10.2. The molecule has 212 valence electrons. The highest BCUT2D eigenvalue weighted by molar-refractivity contribution is 7.92.